The average Bonchev–Trinajstić information content (AvgIpc) is 2.78. The Bertz CT molecular complexity index is 561. The zero-order chi connectivity index (χ0) is 13.9. The van der Waals surface area contributed by atoms with Gasteiger partial charge >= 0.3 is 6.18 Å². The number of carbonyl (C=O) groups is 1. The normalized spacial score (nSPS) is 11.3. The summed E-state index contributed by atoms with van der Waals surface area (Å²) in [7, 11) is 0. The Kier molecular flexibility index (Phi) is 3.59. The quantitative estimate of drug-likeness (QED) is 0.911. The highest BCUT2D eigenvalue weighted by atomic mass is 19.4. The first-order chi connectivity index (χ1) is 8.97. The number of amides is 1. The molecule has 1 aromatic heterocycles. The summed E-state index contributed by atoms with van der Waals surface area (Å²) in [6.45, 7) is -0.378. The third-order valence-electron chi connectivity index (χ3n) is 2.49. The summed E-state index contributed by atoms with van der Waals surface area (Å²) >= 11 is 0. The summed E-state index contributed by atoms with van der Waals surface area (Å²) in [4.78, 5) is 11.7. The van der Waals surface area contributed by atoms with Gasteiger partial charge in [0.1, 0.15) is 12.2 Å². The molecule has 1 heterocycles. The maximum absolute atomic E-state index is 12.6. The average molecular weight is 268 g/mol. The molecule has 2 rings (SSSR count). The van der Waals surface area contributed by atoms with Crippen molar-refractivity contribution in [2.45, 2.75) is 12.7 Å². The van der Waals surface area contributed by atoms with Gasteiger partial charge in [-0.2, -0.15) is 13.2 Å². The fourth-order valence-corrected chi connectivity index (χ4v) is 1.69. The lowest BCUT2D eigenvalue weighted by atomic mass is 10.3. The molecule has 0 aliphatic carbocycles. The van der Waals surface area contributed by atoms with Gasteiger partial charge in [-0.25, -0.2) is 0 Å². The zero-order valence-corrected chi connectivity index (χ0v) is 9.82. The largest absolute Gasteiger partial charge is 0.431 e. The van der Waals surface area contributed by atoms with Crippen LogP contribution in [0.1, 0.15) is 5.69 Å². The highest BCUT2D eigenvalue weighted by molar-refractivity contribution is 5.90. The van der Waals surface area contributed by atoms with E-state index in [9.17, 15) is 18.0 Å². The summed E-state index contributed by atoms with van der Waals surface area (Å²) in [6.07, 6.45) is -3.23. The number of hydrogen-bond donors (Lipinski definition) is 1. The summed E-state index contributed by atoms with van der Waals surface area (Å²) in [5.41, 5.74) is -0.288. The number of halogens is 3. The van der Waals surface area contributed by atoms with Crippen molar-refractivity contribution in [2.24, 2.45) is 0 Å². The lowest BCUT2D eigenvalue weighted by Gasteiger charge is -2.12. The van der Waals surface area contributed by atoms with Gasteiger partial charge in [0.05, 0.1) is 0 Å². The van der Waals surface area contributed by atoms with Gasteiger partial charge in [-0.05, 0) is 24.3 Å². The maximum atomic E-state index is 12.6. The van der Waals surface area contributed by atoms with Crippen LogP contribution >= 0.6 is 0 Å². The topological polar surface area (TPSA) is 34.0 Å². The molecular formula is C13H11F3N2O. The number of aromatic nitrogens is 1. The SMILES string of the molecule is O=C(Cn1cccc1C(F)(F)F)Nc1ccccc1. The molecule has 1 amide bonds. The lowest BCUT2D eigenvalue weighted by molar-refractivity contribution is -0.143. The molecule has 0 radical (unpaired) electrons. The standard InChI is InChI=1S/C13H11F3N2O/c14-13(15,16)11-7-4-8-18(11)9-12(19)17-10-5-2-1-3-6-10/h1-8H,9H2,(H,17,19). The third-order valence-corrected chi connectivity index (χ3v) is 2.49. The molecule has 0 saturated carbocycles. The Morgan fingerprint density at radius 1 is 1.11 bits per heavy atom. The molecule has 0 aliphatic heterocycles. The molecule has 1 aromatic carbocycles. The summed E-state index contributed by atoms with van der Waals surface area (Å²) in [5, 5.41) is 2.53. The molecule has 0 bridgehead atoms. The molecule has 19 heavy (non-hydrogen) atoms. The number of rotatable bonds is 3. The maximum Gasteiger partial charge on any atom is 0.431 e. The highest BCUT2D eigenvalue weighted by Crippen LogP contribution is 2.29. The van der Waals surface area contributed by atoms with Gasteiger partial charge in [-0.15, -0.1) is 0 Å². The molecule has 1 N–H and O–H groups in total. The van der Waals surface area contributed by atoms with Gasteiger partial charge in [0.15, 0.2) is 0 Å². The second-order valence-electron chi connectivity index (χ2n) is 3.93. The number of nitrogens with zero attached hydrogens (tertiary/aromatic N) is 1. The first kappa shape index (κ1) is 13.2. The fraction of sp³-hybridized carbons (Fsp3) is 0.154. The first-order valence-electron chi connectivity index (χ1n) is 5.54. The van der Waals surface area contributed by atoms with Crippen LogP contribution in [0.3, 0.4) is 0 Å². The van der Waals surface area contributed by atoms with E-state index in [1.54, 1.807) is 30.3 Å². The minimum atomic E-state index is -4.46. The van der Waals surface area contributed by atoms with Gasteiger partial charge in [-0.3, -0.25) is 4.79 Å². The van der Waals surface area contributed by atoms with Crippen molar-refractivity contribution in [1.82, 2.24) is 4.57 Å². The van der Waals surface area contributed by atoms with Crippen molar-refractivity contribution in [1.29, 1.82) is 0 Å². The van der Waals surface area contributed by atoms with Crippen LogP contribution < -0.4 is 5.32 Å². The van der Waals surface area contributed by atoms with Crippen molar-refractivity contribution < 1.29 is 18.0 Å². The minimum Gasteiger partial charge on any atom is -0.335 e. The molecule has 0 unspecified atom stereocenters. The predicted octanol–water partition coefficient (Wildman–Crippen LogP) is 3.15. The molecule has 0 saturated heterocycles. The van der Waals surface area contributed by atoms with Gasteiger partial charge in [-0.1, -0.05) is 18.2 Å². The van der Waals surface area contributed by atoms with Crippen LogP contribution in [0.4, 0.5) is 18.9 Å². The minimum absolute atomic E-state index is 0.378. The fourth-order valence-electron chi connectivity index (χ4n) is 1.69. The van der Waals surface area contributed by atoms with Gasteiger partial charge in [0, 0.05) is 11.9 Å². The van der Waals surface area contributed by atoms with E-state index in [0.717, 1.165) is 10.6 Å². The van der Waals surface area contributed by atoms with E-state index in [1.165, 1.54) is 12.3 Å². The molecule has 100 valence electrons. The van der Waals surface area contributed by atoms with Gasteiger partial charge < -0.3 is 9.88 Å². The van der Waals surface area contributed by atoms with E-state index in [0.29, 0.717) is 5.69 Å². The highest BCUT2D eigenvalue weighted by Gasteiger charge is 2.34. The number of nitrogens with one attached hydrogen (secondary N) is 1. The van der Waals surface area contributed by atoms with E-state index in [1.807, 2.05) is 0 Å². The third kappa shape index (κ3) is 3.37. The molecule has 0 spiro atoms. The Hall–Kier alpha value is -2.24. The van der Waals surface area contributed by atoms with E-state index in [-0.39, 0.29) is 6.54 Å². The van der Waals surface area contributed by atoms with Crippen LogP contribution in [0.15, 0.2) is 48.7 Å². The molecule has 2 aromatic rings. The summed E-state index contributed by atoms with van der Waals surface area (Å²) in [6, 6.07) is 10.8. The first-order valence-corrected chi connectivity index (χ1v) is 5.54. The van der Waals surface area contributed by atoms with Gasteiger partial charge in [0.25, 0.3) is 0 Å². The summed E-state index contributed by atoms with van der Waals surface area (Å²) < 4.78 is 38.7. The van der Waals surface area contributed by atoms with Crippen molar-refractivity contribution in [2.75, 3.05) is 5.32 Å². The van der Waals surface area contributed by atoms with Crippen molar-refractivity contribution in [3.05, 3.63) is 54.4 Å². The lowest BCUT2D eigenvalue weighted by Crippen LogP contribution is -2.22. The smallest absolute Gasteiger partial charge is 0.335 e. The van der Waals surface area contributed by atoms with E-state index in [4.69, 9.17) is 0 Å². The molecular weight excluding hydrogens is 257 g/mol. The van der Waals surface area contributed by atoms with Crippen LogP contribution in [0, 0.1) is 0 Å². The second kappa shape index (κ2) is 5.17. The molecule has 0 atom stereocenters. The van der Waals surface area contributed by atoms with Crippen LogP contribution in [-0.2, 0) is 17.5 Å². The second-order valence-corrected chi connectivity index (χ2v) is 3.93. The zero-order valence-electron chi connectivity index (χ0n) is 9.82. The van der Waals surface area contributed by atoms with Crippen LogP contribution in [0.5, 0.6) is 0 Å². The van der Waals surface area contributed by atoms with E-state index in [2.05, 4.69) is 5.32 Å². The number of carbonyl (C=O) groups excluding carboxylic acids is 1. The number of para-hydroxylation sites is 1. The monoisotopic (exact) mass is 268 g/mol. The van der Waals surface area contributed by atoms with Crippen molar-refractivity contribution in [3.8, 4) is 0 Å². The van der Waals surface area contributed by atoms with Crippen LogP contribution in [-0.4, -0.2) is 10.5 Å². The molecule has 0 aliphatic rings. The molecule has 6 heteroatoms. The van der Waals surface area contributed by atoms with Crippen LogP contribution in [0.2, 0.25) is 0 Å². The number of alkyl halides is 3. The summed E-state index contributed by atoms with van der Waals surface area (Å²) in [5.74, 6) is -0.507. The van der Waals surface area contributed by atoms with E-state index >= 15 is 0 Å². The molecule has 0 fully saturated rings. The number of anilines is 1. The number of benzene rings is 1. The van der Waals surface area contributed by atoms with E-state index < -0.39 is 17.8 Å². The van der Waals surface area contributed by atoms with Crippen LogP contribution in [0.25, 0.3) is 0 Å². The number of hydrogen-bond acceptors (Lipinski definition) is 1. The molecule has 3 nitrogen and oxygen atoms in total. The Labute approximate surface area is 107 Å². The van der Waals surface area contributed by atoms with Crippen molar-refractivity contribution >= 4 is 11.6 Å². The Morgan fingerprint density at radius 3 is 2.42 bits per heavy atom. The predicted molar refractivity (Wildman–Crippen MR) is 64.5 cm³/mol. The van der Waals surface area contributed by atoms with Crippen molar-refractivity contribution in [3.63, 3.8) is 0 Å². The Morgan fingerprint density at radius 2 is 1.79 bits per heavy atom. The Balaban J connectivity index is 2.06. The van der Waals surface area contributed by atoms with Gasteiger partial charge in [0.2, 0.25) is 5.91 Å².